The number of anilines is 1. The fourth-order valence-electron chi connectivity index (χ4n) is 6.70. The van der Waals surface area contributed by atoms with Crippen molar-refractivity contribution in [2.75, 3.05) is 31.2 Å². The molecular formula is C29H36N2O6. The number of esters is 1. The molecule has 0 radical (unpaired) electrons. The number of benzene rings is 1. The first-order valence-corrected chi connectivity index (χ1v) is 13.3. The van der Waals surface area contributed by atoms with E-state index >= 15 is 0 Å². The number of unbranched alkanes of at least 4 members (excludes halogenated alkanes) is 1. The number of carbonyl (C=O) groups excluding carboxylic acids is 3. The Morgan fingerprint density at radius 3 is 2.51 bits per heavy atom. The number of cyclic esters (lactones) is 1. The van der Waals surface area contributed by atoms with Crippen LogP contribution in [-0.4, -0.2) is 71.3 Å². The summed E-state index contributed by atoms with van der Waals surface area (Å²) < 4.78 is 12.4. The molecule has 2 fully saturated rings. The molecule has 0 saturated carbocycles. The van der Waals surface area contributed by atoms with Crippen molar-refractivity contribution >= 4 is 23.5 Å². The number of aliphatic hydroxyl groups is 1. The number of aryl methyl sites for hydroxylation is 2. The Morgan fingerprint density at radius 2 is 1.78 bits per heavy atom. The lowest BCUT2D eigenvalue weighted by molar-refractivity contribution is -0.158. The van der Waals surface area contributed by atoms with Gasteiger partial charge in [0.25, 0.3) is 5.91 Å². The number of rotatable bonds is 5. The van der Waals surface area contributed by atoms with Crippen LogP contribution < -0.4 is 4.90 Å². The van der Waals surface area contributed by atoms with Gasteiger partial charge in [-0.3, -0.25) is 14.4 Å². The highest BCUT2D eigenvalue weighted by Gasteiger charge is 2.74. The maximum absolute atomic E-state index is 14.5. The molecule has 0 aliphatic carbocycles. The minimum absolute atomic E-state index is 0.00202. The van der Waals surface area contributed by atoms with Crippen LogP contribution in [-0.2, 0) is 23.9 Å². The third kappa shape index (κ3) is 4.01. The van der Waals surface area contributed by atoms with Crippen LogP contribution in [0.4, 0.5) is 5.69 Å². The van der Waals surface area contributed by atoms with Gasteiger partial charge < -0.3 is 24.4 Å². The number of allylic oxidation sites excluding steroid dienone is 1. The molecule has 4 aliphatic heterocycles. The zero-order valence-corrected chi connectivity index (χ0v) is 21.8. The second-order valence-electron chi connectivity index (χ2n) is 10.8. The average molecular weight is 509 g/mol. The lowest BCUT2D eigenvalue weighted by atomic mass is 9.74. The summed E-state index contributed by atoms with van der Waals surface area (Å²) in [4.78, 5) is 45.4. The van der Waals surface area contributed by atoms with E-state index in [1.807, 2.05) is 63.3 Å². The van der Waals surface area contributed by atoms with Crippen LogP contribution in [0.2, 0.25) is 0 Å². The van der Waals surface area contributed by atoms with Gasteiger partial charge in [0, 0.05) is 25.4 Å². The van der Waals surface area contributed by atoms with Crippen molar-refractivity contribution < 1.29 is 29.0 Å². The monoisotopic (exact) mass is 508 g/mol. The van der Waals surface area contributed by atoms with Gasteiger partial charge in [0.05, 0.1) is 18.1 Å². The van der Waals surface area contributed by atoms with Crippen LogP contribution in [0.5, 0.6) is 0 Å². The van der Waals surface area contributed by atoms with Crippen molar-refractivity contribution in [2.24, 2.45) is 11.8 Å². The number of hydrogen-bond acceptors (Lipinski definition) is 6. The molecule has 0 aromatic heterocycles. The fourth-order valence-corrected chi connectivity index (χ4v) is 6.70. The Morgan fingerprint density at radius 1 is 1.03 bits per heavy atom. The summed E-state index contributed by atoms with van der Waals surface area (Å²) in [6, 6.07) is 4.97. The van der Waals surface area contributed by atoms with Crippen LogP contribution >= 0.6 is 0 Å². The standard InChI is InChI=1S/C29H36N2O6/c1-19-11-9-12-20(2)23(19)30-16-10-14-29-21(25(33)31(15-6-7-17-32)24(29)26(30)34)22-27(35)36-18-8-4-5-13-28(22,3)37-29/h5,9-14,21-22,24,32H,4,6-8,15-18H2,1-3H3/b13-5-/t21-,22+,24?,28-,29-/m0/s1. The summed E-state index contributed by atoms with van der Waals surface area (Å²) in [5, 5.41) is 9.37. The molecule has 1 aromatic carbocycles. The summed E-state index contributed by atoms with van der Waals surface area (Å²) in [7, 11) is 0. The van der Waals surface area contributed by atoms with Crippen molar-refractivity contribution in [1.29, 1.82) is 0 Å². The zero-order chi connectivity index (χ0) is 26.4. The number of aliphatic hydroxyl groups excluding tert-OH is 1. The lowest BCUT2D eigenvalue weighted by Crippen LogP contribution is -2.56. The Bertz CT molecular complexity index is 1140. The molecule has 1 aromatic rings. The molecule has 198 valence electrons. The van der Waals surface area contributed by atoms with Crippen molar-refractivity contribution in [3.8, 4) is 0 Å². The van der Waals surface area contributed by atoms with Gasteiger partial charge in [0.1, 0.15) is 17.6 Å². The highest BCUT2D eigenvalue weighted by Crippen LogP contribution is 2.57. The van der Waals surface area contributed by atoms with Gasteiger partial charge >= 0.3 is 5.97 Å². The fraction of sp³-hybridized carbons (Fsp3) is 0.552. The minimum atomic E-state index is -1.30. The molecule has 37 heavy (non-hydrogen) atoms. The van der Waals surface area contributed by atoms with Crippen LogP contribution in [0, 0.1) is 25.7 Å². The third-order valence-electron chi connectivity index (χ3n) is 8.27. The van der Waals surface area contributed by atoms with E-state index in [4.69, 9.17) is 9.47 Å². The molecule has 1 spiro atoms. The first-order chi connectivity index (χ1) is 17.7. The van der Waals surface area contributed by atoms with E-state index in [0.717, 1.165) is 23.2 Å². The summed E-state index contributed by atoms with van der Waals surface area (Å²) in [6.07, 6.45) is 10.1. The summed E-state index contributed by atoms with van der Waals surface area (Å²) in [5.41, 5.74) is 0.366. The van der Waals surface area contributed by atoms with Crippen LogP contribution in [0.3, 0.4) is 0 Å². The lowest BCUT2D eigenvalue weighted by Gasteiger charge is -2.38. The minimum Gasteiger partial charge on any atom is -0.465 e. The number of hydrogen-bond donors (Lipinski definition) is 1. The van der Waals surface area contributed by atoms with E-state index < -0.39 is 35.0 Å². The maximum atomic E-state index is 14.5. The molecule has 1 unspecified atom stereocenters. The summed E-state index contributed by atoms with van der Waals surface area (Å²) in [5.74, 6) is -2.72. The van der Waals surface area contributed by atoms with E-state index in [1.54, 1.807) is 9.80 Å². The molecule has 0 bridgehead atoms. The van der Waals surface area contributed by atoms with Crippen molar-refractivity contribution in [3.63, 3.8) is 0 Å². The summed E-state index contributed by atoms with van der Waals surface area (Å²) in [6.45, 7) is 6.67. The number of ether oxygens (including phenoxy) is 2. The SMILES string of the molecule is Cc1cccc(C)c1N1CC=C[C@]23O[C@@]4(C)/C=C\CCCOC(=O)[C@H]4[C@H]2C(=O)N(CCCCO)C3C1=O. The number of carbonyl (C=O) groups is 3. The van der Waals surface area contributed by atoms with Crippen LogP contribution in [0.1, 0.15) is 43.7 Å². The van der Waals surface area contributed by atoms with Crippen molar-refractivity contribution in [2.45, 2.75) is 63.7 Å². The maximum Gasteiger partial charge on any atom is 0.313 e. The topological polar surface area (TPSA) is 96.4 Å². The van der Waals surface area contributed by atoms with E-state index in [2.05, 4.69) is 0 Å². The van der Waals surface area contributed by atoms with Gasteiger partial charge in [0.15, 0.2) is 0 Å². The number of amides is 2. The second kappa shape index (κ2) is 9.72. The Balaban J connectivity index is 1.65. The van der Waals surface area contributed by atoms with E-state index in [0.29, 0.717) is 32.4 Å². The first kappa shape index (κ1) is 25.7. The van der Waals surface area contributed by atoms with Crippen molar-refractivity contribution in [3.05, 3.63) is 53.6 Å². The molecule has 8 heteroatoms. The Hall–Kier alpha value is -2.97. The van der Waals surface area contributed by atoms with Crippen molar-refractivity contribution in [1.82, 2.24) is 4.90 Å². The van der Waals surface area contributed by atoms with Gasteiger partial charge in [-0.25, -0.2) is 0 Å². The van der Waals surface area contributed by atoms with E-state index in [-0.39, 0.29) is 25.0 Å². The number of likely N-dealkylation sites (tertiary alicyclic amines) is 1. The molecular weight excluding hydrogens is 472 g/mol. The van der Waals surface area contributed by atoms with Crippen LogP contribution in [0.15, 0.2) is 42.5 Å². The molecule has 1 N–H and O–H groups in total. The molecule has 4 aliphatic rings. The second-order valence-corrected chi connectivity index (χ2v) is 10.8. The Labute approximate surface area is 217 Å². The molecule has 8 nitrogen and oxygen atoms in total. The normalized spacial score (nSPS) is 34.2. The quantitative estimate of drug-likeness (QED) is 0.373. The van der Waals surface area contributed by atoms with Crippen LogP contribution in [0.25, 0.3) is 0 Å². The average Bonchev–Trinajstić information content (AvgIpc) is 3.20. The number of nitrogens with zero attached hydrogens (tertiary/aromatic N) is 2. The largest absolute Gasteiger partial charge is 0.465 e. The van der Waals surface area contributed by atoms with Gasteiger partial charge in [-0.1, -0.05) is 42.5 Å². The van der Waals surface area contributed by atoms with Gasteiger partial charge in [-0.2, -0.15) is 0 Å². The molecule has 2 amide bonds. The predicted molar refractivity (Wildman–Crippen MR) is 138 cm³/mol. The molecule has 5 rings (SSSR count). The Kier molecular flexibility index (Phi) is 6.75. The third-order valence-corrected chi connectivity index (χ3v) is 8.27. The van der Waals surface area contributed by atoms with Gasteiger partial charge in [-0.15, -0.1) is 0 Å². The summed E-state index contributed by atoms with van der Waals surface area (Å²) >= 11 is 0. The predicted octanol–water partition coefficient (Wildman–Crippen LogP) is 2.84. The zero-order valence-electron chi connectivity index (χ0n) is 21.8. The number of fused-ring (bicyclic) bond motifs is 2. The molecule has 4 heterocycles. The first-order valence-electron chi connectivity index (χ1n) is 13.3. The van der Waals surface area contributed by atoms with Gasteiger partial charge in [0.2, 0.25) is 5.91 Å². The molecule has 2 saturated heterocycles. The van der Waals surface area contributed by atoms with E-state index in [9.17, 15) is 19.5 Å². The highest BCUT2D eigenvalue weighted by molar-refractivity contribution is 6.06. The highest BCUT2D eigenvalue weighted by atomic mass is 16.6. The van der Waals surface area contributed by atoms with E-state index in [1.165, 1.54) is 0 Å². The van der Waals surface area contributed by atoms with Gasteiger partial charge in [-0.05, 0) is 57.6 Å². The number of para-hydroxylation sites is 1. The smallest absolute Gasteiger partial charge is 0.313 e. The molecule has 5 atom stereocenters.